The van der Waals surface area contributed by atoms with Gasteiger partial charge in [0.25, 0.3) is 0 Å². The number of carbonyl (C=O) groups excluding carboxylic acids is 2. The number of ether oxygens (including phenoxy) is 1. The van der Waals surface area contributed by atoms with E-state index in [9.17, 15) is 9.59 Å². The second-order valence-corrected chi connectivity index (χ2v) is 8.40. The van der Waals surface area contributed by atoms with Gasteiger partial charge in [0.15, 0.2) is 5.78 Å². The lowest BCUT2D eigenvalue weighted by Crippen LogP contribution is -2.37. The fourth-order valence-electron chi connectivity index (χ4n) is 3.47. The van der Waals surface area contributed by atoms with Crippen molar-refractivity contribution in [1.29, 1.82) is 0 Å². The number of hydrogen-bond acceptors (Lipinski definition) is 8. The highest BCUT2D eigenvalue weighted by molar-refractivity contribution is 6.09. The molecule has 0 spiro atoms. The van der Waals surface area contributed by atoms with Gasteiger partial charge in [-0.05, 0) is 45.0 Å². The van der Waals surface area contributed by atoms with Crippen molar-refractivity contribution in [2.24, 2.45) is 4.99 Å². The fraction of sp³-hybridized carbons (Fsp3) is 0.348. The summed E-state index contributed by atoms with van der Waals surface area (Å²) in [7, 11) is 0. The van der Waals surface area contributed by atoms with Crippen molar-refractivity contribution in [1.82, 2.24) is 14.9 Å². The SMILES string of the molecule is CC(C)(C)OC(=O)CCc1ccc2c(n1)N/C(=C\C(=O)c1cccnc1)N1CCN=C21. The lowest BCUT2D eigenvalue weighted by molar-refractivity contribution is -0.154. The first-order valence-corrected chi connectivity index (χ1v) is 10.3. The molecule has 2 aromatic heterocycles. The third-order valence-electron chi connectivity index (χ3n) is 4.79. The number of nitrogens with zero attached hydrogens (tertiary/aromatic N) is 4. The molecule has 8 nitrogen and oxygen atoms in total. The molecule has 0 saturated carbocycles. The van der Waals surface area contributed by atoms with Crippen LogP contribution < -0.4 is 5.32 Å². The number of fused-ring (bicyclic) bond motifs is 3. The Hall–Kier alpha value is -3.55. The standard InChI is InChI=1S/C23H25N5O3/c1-23(2,3)31-20(30)9-7-16-6-8-17-21(26-16)27-19(28-12-11-25-22(17)28)13-18(29)15-5-4-10-24-14-15/h4-6,8,10,13-14H,7,9,11-12H2,1-3H3,(H,26,27)/b19-13+. The topological polar surface area (TPSA) is 96.8 Å². The molecule has 8 heteroatoms. The predicted molar refractivity (Wildman–Crippen MR) is 117 cm³/mol. The molecule has 0 saturated heterocycles. The van der Waals surface area contributed by atoms with E-state index in [-0.39, 0.29) is 18.2 Å². The summed E-state index contributed by atoms with van der Waals surface area (Å²) >= 11 is 0. The third-order valence-corrected chi connectivity index (χ3v) is 4.79. The fourth-order valence-corrected chi connectivity index (χ4v) is 3.47. The molecule has 160 valence electrons. The number of hydrogen-bond donors (Lipinski definition) is 1. The lowest BCUT2D eigenvalue weighted by atomic mass is 10.1. The molecule has 0 bridgehead atoms. The summed E-state index contributed by atoms with van der Waals surface area (Å²) in [5, 5.41) is 3.27. The maximum atomic E-state index is 12.7. The van der Waals surface area contributed by atoms with Crippen molar-refractivity contribution in [3.8, 4) is 0 Å². The highest BCUT2D eigenvalue weighted by Gasteiger charge is 2.31. The lowest BCUT2D eigenvalue weighted by Gasteiger charge is -2.30. The van der Waals surface area contributed by atoms with Gasteiger partial charge in [0.05, 0.1) is 18.5 Å². The Balaban J connectivity index is 1.55. The summed E-state index contributed by atoms with van der Waals surface area (Å²) in [4.78, 5) is 40.0. The number of aromatic nitrogens is 2. The van der Waals surface area contributed by atoms with Gasteiger partial charge < -0.3 is 15.0 Å². The molecular weight excluding hydrogens is 394 g/mol. The van der Waals surface area contributed by atoms with Crippen molar-refractivity contribution in [3.05, 3.63) is 65.4 Å². The zero-order valence-electron chi connectivity index (χ0n) is 17.9. The van der Waals surface area contributed by atoms with E-state index in [1.54, 1.807) is 30.6 Å². The monoisotopic (exact) mass is 419 g/mol. The molecule has 0 aromatic carbocycles. The van der Waals surface area contributed by atoms with Crippen LogP contribution >= 0.6 is 0 Å². The molecule has 2 aliphatic rings. The Bertz CT molecular complexity index is 1070. The second-order valence-electron chi connectivity index (χ2n) is 8.40. The average molecular weight is 419 g/mol. The number of aryl methyl sites for hydroxylation is 1. The molecule has 4 rings (SSSR count). The van der Waals surface area contributed by atoms with E-state index in [0.29, 0.717) is 36.7 Å². The van der Waals surface area contributed by atoms with Crippen molar-refractivity contribution >= 4 is 23.4 Å². The van der Waals surface area contributed by atoms with Gasteiger partial charge in [-0.15, -0.1) is 0 Å². The number of esters is 1. The summed E-state index contributed by atoms with van der Waals surface area (Å²) < 4.78 is 5.37. The second kappa shape index (κ2) is 8.29. The molecule has 0 aliphatic carbocycles. The molecule has 31 heavy (non-hydrogen) atoms. The first-order valence-electron chi connectivity index (χ1n) is 10.3. The largest absolute Gasteiger partial charge is 0.460 e. The molecule has 1 N–H and O–H groups in total. The van der Waals surface area contributed by atoms with Gasteiger partial charge in [0.2, 0.25) is 0 Å². The van der Waals surface area contributed by atoms with Gasteiger partial charge in [0.1, 0.15) is 23.1 Å². The van der Waals surface area contributed by atoms with Crippen LogP contribution in [0.25, 0.3) is 0 Å². The van der Waals surface area contributed by atoms with E-state index in [0.717, 1.165) is 17.1 Å². The predicted octanol–water partition coefficient (Wildman–Crippen LogP) is 2.96. The molecule has 0 amide bonds. The van der Waals surface area contributed by atoms with Gasteiger partial charge >= 0.3 is 5.97 Å². The van der Waals surface area contributed by atoms with E-state index < -0.39 is 5.60 Å². The highest BCUT2D eigenvalue weighted by Crippen LogP contribution is 2.29. The minimum atomic E-state index is -0.507. The van der Waals surface area contributed by atoms with Crippen LogP contribution in [-0.4, -0.2) is 51.1 Å². The number of rotatable bonds is 5. The Morgan fingerprint density at radius 3 is 2.84 bits per heavy atom. The molecule has 0 atom stereocenters. The summed E-state index contributed by atoms with van der Waals surface area (Å²) in [6.07, 6.45) is 5.44. The zero-order valence-corrected chi connectivity index (χ0v) is 17.9. The number of amidine groups is 1. The number of carbonyl (C=O) groups is 2. The maximum Gasteiger partial charge on any atom is 0.306 e. The number of pyridine rings is 2. The third kappa shape index (κ3) is 4.79. The molecular formula is C23H25N5O3. The van der Waals surface area contributed by atoms with E-state index in [1.807, 2.05) is 37.8 Å². The highest BCUT2D eigenvalue weighted by atomic mass is 16.6. The number of aliphatic imine (C=N–C) groups is 1. The van der Waals surface area contributed by atoms with Crippen LogP contribution in [0, 0.1) is 0 Å². The average Bonchev–Trinajstić information content (AvgIpc) is 3.22. The van der Waals surface area contributed by atoms with Gasteiger partial charge in [-0.1, -0.05) is 0 Å². The van der Waals surface area contributed by atoms with E-state index >= 15 is 0 Å². The van der Waals surface area contributed by atoms with Crippen LogP contribution in [0.4, 0.5) is 5.82 Å². The number of ketones is 1. The van der Waals surface area contributed by atoms with E-state index in [4.69, 9.17) is 4.74 Å². The number of nitrogens with one attached hydrogen (secondary N) is 1. The zero-order chi connectivity index (χ0) is 22.0. The van der Waals surface area contributed by atoms with Crippen LogP contribution in [0.1, 0.15) is 48.8 Å². The minimum Gasteiger partial charge on any atom is -0.460 e. The Labute approximate surface area is 181 Å². The van der Waals surface area contributed by atoms with Gasteiger partial charge in [0, 0.05) is 42.7 Å². The molecule has 2 aromatic rings. The Kier molecular flexibility index (Phi) is 5.54. The first-order chi connectivity index (χ1) is 14.8. The Morgan fingerprint density at radius 2 is 2.10 bits per heavy atom. The van der Waals surface area contributed by atoms with Crippen LogP contribution in [0.3, 0.4) is 0 Å². The summed E-state index contributed by atoms with van der Waals surface area (Å²) in [6.45, 7) is 6.88. The quantitative estimate of drug-likeness (QED) is 0.452. The smallest absolute Gasteiger partial charge is 0.306 e. The van der Waals surface area contributed by atoms with E-state index in [2.05, 4.69) is 20.3 Å². The molecule has 0 unspecified atom stereocenters. The van der Waals surface area contributed by atoms with E-state index in [1.165, 1.54) is 0 Å². The van der Waals surface area contributed by atoms with Gasteiger partial charge in [-0.3, -0.25) is 19.6 Å². The molecule has 4 heterocycles. The first kappa shape index (κ1) is 20.7. The van der Waals surface area contributed by atoms with Crippen molar-refractivity contribution in [2.75, 3.05) is 18.4 Å². The molecule has 0 fully saturated rings. The molecule has 2 aliphatic heterocycles. The summed E-state index contributed by atoms with van der Waals surface area (Å²) in [6, 6.07) is 7.32. The Morgan fingerprint density at radius 1 is 1.26 bits per heavy atom. The maximum absolute atomic E-state index is 12.7. The number of allylic oxidation sites excluding steroid dienone is 1. The minimum absolute atomic E-state index is 0.147. The summed E-state index contributed by atoms with van der Waals surface area (Å²) in [5.74, 6) is 1.66. The van der Waals surface area contributed by atoms with Crippen LogP contribution in [-0.2, 0) is 16.0 Å². The normalized spacial score (nSPS) is 16.3. The van der Waals surface area contributed by atoms with Crippen molar-refractivity contribution in [3.63, 3.8) is 0 Å². The number of anilines is 1. The van der Waals surface area contributed by atoms with Crippen LogP contribution in [0.15, 0.2) is 53.5 Å². The van der Waals surface area contributed by atoms with Crippen LogP contribution in [0.5, 0.6) is 0 Å². The van der Waals surface area contributed by atoms with Gasteiger partial charge in [-0.2, -0.15) is 0 Å². The van der Waals surface area contributed by atoms with Crippen molar-refractivity contribution < 1.29 is 14.3 Å². The molecule has 0 radical (unpaired) electrons. The van der Waals surface area contributed by atoms with Crippen molar-refractivity contribution in [2.45, 2.75) is 39.2 Å². The van der Waals surface area contributed by atoms with Gasteiger partial charge in [-0.25, -0.2) is 4.98 Å². The van der Waals surface area contributed by atoms with Crippen LogP contribution in [0.2, 0.25) is 0 Å². The summed E-state index contributed by atoms with van der Waals surface area (Å²) in [5.41, 5.74) is 1.65.